The van der Waals surface area contributed by atoms with E-state index in [0.29, 0.717) is 17.0 Å². The summed E-state index contributed by atoms with van der Waals surface area (Å²) in [5.74, 6) is 0.408. The van der Waals surface area contributed by atoms with Crippen molar-refractivity contribution >= 4 is 38.9 Å². The van der Waals surface area contributed by atoms with E-state index in [4.69, 9.17) is 21.1 Å². The molecule has 2 aromatic carbocycles. The number of carbonyl (C=O) groups excluding carboxylic acids is 1. The van der Waals surface area contributed by atoms with Crippen molar-refractivity contribution in [3.63, 3.8) is 0 Å². The maximum atomic E-state index is 13.2. The number of aromatic nitrogens is 2. The predicted octanol–water partition coefficient (Wildman–Crippen LogP) is 5.16. The average Bonchev–Trinajstić information content (AvgIpc) is 2.73. The van der Waals surface area contributed by atoms with Crippen LogP contribution in [0.2, 0.25) is 5.15 Å². The Morgan fingerprint density at radius 2 is 1.74 bits per heavy atom. The summed E-state index contributed by atoms with van der Waals surface area (Å²) in [5.41, 5.74) is 2.11. The molecule has 0 saturated carbocycles. The highest BCUT2D eigenvalue weighted by Crippen LogP contribution is 2.39. The van der Waals surface area contributed by atoms with Gasteiger partial charge in [-0.25, -0.2) is 18.4 Å². The molecule has 0 bridgehead atoms. The van der Waals surface area contributed by atoms with Gasteiger partial charge < -0.3 is 14.8 Å². The van der Waals surface area contributed by atoms with Crippen molar-refractivity contribution in [3.8, 4) is 17.4 Å². The summed E-state index contributed by atoms with van der Waals surface area (Å²) in [7, 11) is -2.19. The first-order valence-corrected chi connectivity index (χ1v) is 12.8. The molecule has 2 N–H and O–H groups in total. The molecular formula is C24H27ClN4O5S. The van der Waals surface area contributed by atoms with E-state index in [-0.39, 0.29) is 27.9 Å². The Hall–Kier alpha value is -3.37. The Morgan fingerprint density at radius 3 is 2.34 bits per heavy atom. The molecule has 186 valence electrons. The van der Waals surface area contributed by atoms with Gasteiger partial charge in [0, 0.05) is 11.6 Å². The smallest absolute Gasteiger partial charge is 0.255 e. The lowest BCUT2D eigenvalue weighted by Crippen LogP contribution is -2.18. The van der Waals surface area contributed by atoms with Crippen LogP contribution in [0, 0.1) is 6.92 Å². The Bertz CT molecular complexity index is 1370. The number of hydrogen-bond donors (Lipinski definition) is 2. The van der Waals surface area contributed by atoms with Crippen LogP contribution >= 0.6 is 11.6 Å². The Kier molecular flexibility index (Phi) is 7.56. The molecule has 3 rings (SSSR count). The van der Waals surface area contributed by atoms with Crippen LogP contribution in [0.1, 0.15) is 42.3 Å². The molecule has 0 saturated heterocycles. The third-order valence-corrected chi connectivity index (χ3v) is 5.77. The van der Waals surface area contributed by atoms with Crippen molar-refractivity contribution in [2.75, 3.05) is 23.4 Å². The first kappa shape index (κ1) is 26.2. The van der Waals surface area contributed by atoms with Crippen molar-refractivity contribution < 1.29 is 22.7 Å². The summed E-state index contributed by atoms with van der Waals surface area (Å²) in [6.45, 7) is 7.77. The fourth-order valence-electron chi connectivity index (χ4n) is 3.18. The molecule has 1 heterocycles. The molecule has 0 unspecified atom stereocenters. The zero-order valence-corrected chi connectivity index (χ0v) is 21.8. The van der Waals surface area contributed by atoms with Crippen molar-refractivity contribution in [2.24, 2.45) is 0 Å². The third kappa shape index (κ3) is 6.83. The molecule has 0 aliphatic heterocycles. The van der Waals surface area contributed by atoms with Crippen molar-refractivity contribution in [2.45, 2.75) is 33.1 Å². The van der Waals surface area contributed by atoms with Crippen molar-refractivity contribution in [3.05, 3.63) is 64.6 Å². The topological polar surface area (TPSA) is 120 Å². The highest BCUT2D eigenvalue weighted by molar-refractivity contribution is 7.92. The number of nitrogens with one attached hydrogen (secondary N) is 2. The number of ether oxygens (including phenoxy) is 2. The lowest BCUT2D eigenvalue weighted by molar-refractivity contribution is 0.102. The van der Waals surface area contributed by atoms with Crippen LogP contribution < -0.4 is 19.5 Å². The summed E-state index contributed by atoms with van der Waals surface area (Å²) in [4.78, 5) is 21.0. The lowest BCUT2D eigenvalue weighted by Gasteiger charge is -2.24. The normalized spacial score (nSPS) is 11.6. The van der Waals surface area contributed by atoms with E-state index in [1.165, 1.54) is 19.5 Å². The van der Waals surface area contributed by atoms with Crippen LogP contribution in [0.4, 0.5) is 11.4 Å². The number of anilines is 2. The van der Waals surface area contributed by atoms with E-state index in [1.807, 2.05) is 27.7 Å². The van der Waals surface area contributed by atoms with Crippen LogP contribution in [0.3, 0.4) is 0 Å². The van der Waals surface area contributed by atoms with E-state index < -0.39 is 15.9 Å². The van der Waals surface area contributed by atoms with Crippen LogP contribution in [0.25, 0.3) is 0 Å². The summed E-state index contributed by atoms with van der Waals surface area (Å²) in [6, 6.07) is 9.90. The van der Waals surface area contributed by atoms with Gasteiger partial charge >= 0.3 is 0 Å². The summed E-state index contributed by atoms with van der Waals surface area (Å²) in [6.07, 6.45) is 2.33. The van der Waals surface area contributed by atoms with Crippen LogP contribution in [-0.2, 0) is 15.4 Å². The third-order valence-electron chi connectivity index (χ3n) is 4.98. The van der Waals surface area contributed by atoms with Gasteiger partial charge in [-0.2, -0.15) is 0 Å². The second-order valence-electron chi connectivity index (χ2n) is 8.94. The highest BCUT2D eigenvalue weighted by atomic mass is 35.5. The largest absolute Gasteiger partial charge is 0.492 e. The minimum Gasteiger partial charge on any atom is -0.492 e. The number of halogens is 1. The van der Waals surface area contributed by atoms with E-state index in [2.05, 4.69) is 20.0 Å². The minimum atomic E-state index is -3.59. The molecule has 9 nitrogen and oxygen atoms in total. The second kappa shape index (κ2) is 10.1. The number of methoxy groups -OCH3 is 1. The van der Waals surface area contributed by atoms with E-state index in [0.717, 1.165) is 17.4 Å². The molecule has 0 aliphatic carbocycles. The number of benzene rings is 2. The second-order valence-corrected chi connectivity index (χ2v) is 11.1. The summed E-state index contributed by atoms with van der Waals surface area (Å²) < 4.78 is 37.6. The molecule has 1 aromatic heterocycles. The molecule has 35 heavy (non-hydrogen) atoms. The fraction of sp³-hybridized carbons (Fsp3) is 0.292. The molecule has 0 atom stereocenters. The number of carbonyl (C=O) groups is 1. The number of rotatable bonds is 7. The molecule has 3 aromatic rings. The first-order valence-electron chi connectivity index (χ1n) is 10.5. The molecule has 0 radical (unpaired) electrons. The minimum absolute atomic E-state index is 0.191. The van der Waals surface area contributed by atoms with Crippen molar-refractivity contribution in [1.29, 1.82) is 0 Å². The summed E-state index contributed by atoms with van der Waals surface area (Å²) >= 11 is 5.90. The Balaban J connectivity index is 1.99. The van der Waals surface area contributed by atoms with Crippen LogP contribution in [0.5, 0.6) is 17.4 Å². The average molecular weight is 519 g/mol. The molecule has 1 amide bonds. The number of aryl methyl sites for hydroxylation is 1. The van der Waals surface area contributed by atoms with E-state index in [9.17, 15) is 13.2 Å². The standard InChI is InChI=1S/C24H27ClN4O5S/c1-14-7-8-15(9-19(14)34-21-12-20(25)26-13-27-21)23(30)28-17-10-16(24(2,3)4)11-18(22(17)33-5)29-35(6,31)32/h7-13,29H,1-6H3,(H,28,30). The van der Waals surface area contributed by atoms with E-state index in [1.54, 1.807) is 30.3 Å². The molecular weight excluding hydrogens is 492 g/mol. The molecule has 0 fully saturated rings. The van der Waals surface area contributed by atoms with Gasteiger partial charge in [0.15, 0.2) is 5.75 Å². The number of sulfonamides is 1. The number of amides is 1. The van der Waals surface area contributed by atoms with Crippen LogP contribution in [0.15, 0.2) is 42.7 Å². The maximum absolute atomic E-state index is 13.2. The van der Waals surface area contributed by atoms with Crippen molar-refractivity contribution in [1.82, 2.24) is 9.97 Å². The quantitative estimate of drug-likeness (QED) is 0.414. The fourth-order valence-corrected chi connectivity index (χ4v) is 3.87. The molecule has 11 heteroatoms. The van der Waals surface area contributed by atoms with Gasteiger partial charge in [-0.3, -0.25) is 9.52 Å². The monoisotopic (exact) mass is 518 g/mol. The summed E-state index contributed by atoms with van der Waals surface area (Å²) in [5, 5.41) is 3.06. The zero-order valence-electron chi connectivity index (χ0n) is 20.3. The van der Waals surface area contributed by atoms with Gasteiger partial charge in [0.25, 0.3) is 5.91 Å². The van der Waals surface area contributed by atoms with Gasteiger partial charge in [0.05, 0.1) is 24.7 Å². The van der Waals surface area contributed by atoms with Gasteiger partial charge in [-0.1, -0.05) is 38.4 Å². The first-order chi connectivity index (χ1) is 16.3. The number of nitrogens with zero attached hydrogens (tertiary/aromatic N) is 2. The Morgan fingerprint density at radius 1 is 1.06 bits per heavy atom. The number of hydrogen-bond acceptors (Lipinski definition) is 7. The Labute approximate surface area is 209 Å². The lowest BCUT2D eigenvalue weighted by atomic mass is 9.86. The zero-order chi connectivity index (χ0) is 26.0. The SMILES string of the molecule is COc1c(NC(=O)c2ccc(C)c(Oc3cc(Cl)ncn3)c2)cc(C(C)(C)C)cc1NS(C)(=O)=O. The predicted molar refractivity (Wildman–Crippen MR) is 136 cm³/mol. The van der Waals surface area contributed by atoms with E-state index >= 15 is 0 Å². The van der Waals surface area contributed by atoms with Gasteiger partial charge in [-0.05, 0) is 47.7 Å². The highest BCUT2D eigenvalue weighted by Gasteiger charge is 2.22. The van der Waals surface area contributed by atoms with Gasteiger partial charge in [-0.15, -0.1) is 0 Å². The maximum Gasteiger partial charge on any atom is 0.255 e. The van der Waals surface area contributed by atoms with Gasteiger partial charge in [0.2, 0.25) is 15.9 Å². The molecule has 0 spiro atoms. The van der Waals surface area contributed by atoms with Gasteiger partial charge in [0.1, 0.15) is 17.2 Å². The van der Waals surface area contributed by atoms with Crippen LogP contribution in [-0.4, -0.2) is 37.7 Å². The molecule has 0 aliphatic rings.